The first-order valence-electron chi connectivity index (χ1n) is 19.1. The summed E-state index contributed by atoms with van der Waals surface area (Å²) in [6.07, 6.45) is 7.94. The SMILES string of the molecule is C[C@@H]1C[C]([C@H](O)C(C)(C)O)O[C]2[C@H]1[C@@]1(C)CC[C@@]34C[C@@]35CCC(O[C@H]3CN(C(=O)CC6CNC6)CCO3)C(C)(C)[C@@H]5CC[C]4[C@]1(C)[C@H]2O. The number of nitrogens with zero attached hydrogens (tertiary/aromatic N) is 1. The molecule has 3 heterocycles. The minimum atomic E-state index is -1.31. The Morgan fingerprint density at radius 1 is 1.15 bits per heavy atom. The quantitative estimate of drug-likeness (QED) is 0.329. The van der Waals surface area contributed by atoms with Gasteiger partial charge < -0.3 is 39.7 Å². The van der Waals surface area contributed by atoms with Crippen molar-refractivity contribution in [3.05, 3.63) is 18.1 Å². The lowest BCUT2D eigenvalue weighted by Gasteiger charge is -2.63. The zero-order chi connectivity index (χ0) is 34.2. The minimum Gasteiger partial charge on any atom is -0.389 e. The van der Waals surface area contributed by atoms with Crippen LogP contribution >= 0.6 is 0 Å². The highest BCUT2D eigenvalue weighted by atomic mass is 16.7. The van der Waals surface area contributed by atoms with Crippen LogP contribution in [0.25, 0.3) is 0 Å². The summed E-state index contributed by atoms with van der Waals surface area (Å²) in [6.45, 7) is 18.6. The standard InChI is InChI=1S/C39H61N2O7/c1-22-16-24(32(43)35(4,5)45)47-31-30(22)36(6)12-13-39-21-38(39)11-10-27(34(2,3)25(38)8-9-26(39)37(36,7)33(31)44)48-29-20-41(14-15-46-29)28(42)17-23-18-40-19-23/h22-23,25,27,29-30,32-33,40,43-45H,8-21H2,1-7H3/t22-,25+,27?,29+,30+,32+,33+,36-,37-,38-,39+/m1/s1. The number of amides is 1. The summed E-state index contributed by atoms with van der Waals surface area (Å²) in [5.41, 5.74) is -1.50. The second kappa shape index (κ2) is 11.1. The molecule has 269 valence electrons. The van der Waals surface area contributed by atoms with E-state index in [1.165, 1.54) is 6.42 Å². The smallest absolute Gasteiger partial charge is 0.223 e. The summed E-state index contributed by atoms with van der Waals surface area (Å²) in [5.74, 6) is 3.10. The lowest BCUT2D eigenvalue weighted by atomic mass is 9.41. The van der Waals surface area contributed by atoms with Crippen molar-refractivity contribution < 1.29 is 34.3 Å². The number of hydrogen-bond acceptors (Lipinski definition) is 8. The molecule has 48 heavy (non-hydrogen) atoms. The van der Waals surface area contributed by atoms with Gasteiger partial charge in [0.25, 0.3) is 0 Å². The summed E-state index contributed by atoms with van der Waals surface area (Å²) in [7, 11) is 0. The van der Waals surface area contributed by atoms with Crippen LogP contribution < -0.4 is 5.32 Å². The third-order valence-corrected chi connectivity index (χ3v) is 16.0. The van der Waals surface area contributed by atoms with Gasteiger partial charge in [-0.15, -0.1) is 0 Å². The first-order chi connectivity index (χ1) is 22.5. The van der Waals surface area contributed by atoms with E-state index in [4.69, 9.17) is 14.2 Å². The number of aliphatic hydroxyl groups is 3. The number of aliphatic hydroxyl groups excluding tert-OH is 2. The fourth-order valence-electron chi connectivity index (χ4n) is 13.2. The molecule has 8 fully saturated rings. The molecule has 0 aromatic heterocycles. The predicted octanol–water partition coefficient (Wildman–Crippen LogP) is 4.40. The van der Waals surface area contributed by atoms with Crippen LogP contribution in [0.1, 0.15) is 106 Å². The first kappa shape index (κ1) is 34.3. The van der Waals surface area contributed by atoms with Crippen molar-refractivity contribution in [1.29, 1.82) is 0 Å². The summed E-state index contributed by atoms with van der Waals surface area (Å²) >= 11 is 0. The Bertz CT molecular complexity index is 1280. The number of carbonyl (C=O) groups excluding carboxylic acids is 1. The second-order valence-electron chi connectivity index (χ2n) is 19.0. The topological polar surface area (TPSA) is 121 Å². The van der Waals surface area contributed by atoms with E-state index >= 15 is 0 Å². The van der Waals surface area contributed by atoms with Gasteiger partial charge in [0.2, 0.25) is 5.91 Å². The Kier molecular flexibility index (Phi) is 7.93. The lowest BCUT2D eigenvalue weighted by molar-refractivity contribution is -0.242. The normalized spacial score (nSPS) is 48.4. The van der Waals surface area contributed by atoms with Crippen molar-refractivity contribution in [2.24, 2.45) is 50.7 Å². The molecule has 3 radical (unpaired) electrons. The fraction of sp³-hybridized carbons (Fsp3) is 0.897. The number of carbonyl (C=O) groups is 1. The molecule has 0 aromatic rings. The average Bonchev–Trinajstić information content (AvgIpc) is 3.64. The number of fused-ring (bicyclic) bond motifs is 4. The van der Waals surface area contributed by atoms with Crippen LogP contribution in [0.2, 0.25) is 0 Å². The van der Waals surface area contributed by atoms with Crippen molar-refractivity contribution in [2.45, 2.75) is 136 Å². The molecule has 8 rings (SSSR count). The maximum absolute atomic E-state index is 13.0. The van der Waals surface area contributed by atoms with E-state index in [0.717, 1.165) is 57.7 Å². The maximum atomic E-state index is 13.0. The fourth-order valence-corrected chi connectivity index (χ4v) is 13.2. The number of rotatable bonds is 6. The predicted molar refractivity (Wildman–Crippen MR) is 179 cm³/mol. The zero-order valence-electron chi connectivity index (χ0n) is 30.4. The molecule has 1 unspecified atom stereocenters. The van der Waals surface area contributed by atoms with Crippen LogP contribution in [0.5, 0.6) is 0 Å². The third kappa shape index (κ3) is 4.55. The van der Waals surface area contributed by atoms with Crippen LogP contribution in [0.4, 0.5) is 0 Å². The van der Waals surface area contributed by atoms with Gasteiger partial charge in [-0.2, -0.15) is 0 Å². The van der Waals surface area contributed by atoms with Crippen LogP contribution in [-0.2, 0) is 19.0 Å². The molecule has 1 amide bonds. The average molecular weight is 670 g/mol. The van der Waals surface area contributed by atoms with Crippen molar-refractivity contribution in [2.75, 3.05) is 32.8 Å². The van der Waals surface area contributed by atoms with Crippen molar-refractivity contribution in [3.8, 4) is 0 Å². The van der Waals surface area contributed by atoms with Crippen LogP contribution in [0.15, 0.2) is 0 Å². The zero-order valence-corrected chi connectivity index (χ0v) is 30.4. The molecule has 9 heteroatoms. The van der Waals surface area contributed by atoms with Crippen LogP contribution in [0.3, 0.4) is 0 Å². The van der Waals surface area contributed by atoms with Gasteiger partial charge in [-0.25, -0.2) is 0 Å². The summed E-state index contributed by atoms with van der Waals surface area (Å²) < 4.78 is 19.5. The highest BCUT2D eigenvalue weighted by Gasteiger charge is 2.85. The molecule has 3 aliphatic heterocycles. The van der Waals surface area contributed by atoms with Gasteiger partial charge in [-0.3, -0.25) is 4.79 Å². The van der Waals surface area contributed by atoms with E-state index in [9.17, 15) is 20.1 Å². The van der Waals surface area contributed by atoms with Crippen LogP contribution in [0, 0.1) is 68.9 Å². The molecule has 5 aliphatic carbocycles. The first-order valence-corrected chi connectivity index (χ1v) is 19.1. The Morgan fingerprint density at radius 3 is 2.58 bits per heavy atom. The van der Waals surface area contributed by atoms with Gasteiger partial charge in [-0.05, 0) is 124 Å². The summed E-state index contributed by atoms with van der Waals surface area (Å²) in [4.78, 5) is 15.0. The highest BCUT2D eigenvalue weighted by molar-refractivity contribution is 5.76. The molecule has 8 aliphatic rings. The number of hydrogen-bond donors (Lipinski definition) is 4. The number of morpholine rings is 1. The second-order valence-corrected chi connectivity index (χ2v) is 19.0. The molecular formula is C39H61N2O7. The van der Waals surface area contributed by atoms with E-state index in [-0.39, 0.29) is 51.8 Å². The van der Waals surface area contributed by atoms with Gasteiger partial charge in [-0.1, -0.05) is 34.6 Å². The monoisotopic (exact) mass is 669 g/mol. The van der Waals surface area contributed by atoms with Crippen molar-refractivity contribution in [1.82, 2.24) is 10.2 Å². The van der Waals surface area contributed by atoms with Crippen LogP contribution in [-0.4, -0.2) is 89.1 Å². The third-order valence-electron chi connectivity index (χ3n) is 16.0. The summed E-state index contributed by atoms with van der Waals surface area (Å²) in [6, 6.07) is 0. The Hall–Kier alpha value is -0.810. The van der Waals surface area contributed by atoms with E-state index in [0.29, 0.717) is 50.5 Å². The largest absolute Gasteiger partial charge is 0.389 e. The molecule has 9 nitrogen and oxygen atoms in total. The molecule has 3 saturated heterocycles. The molecular weight excluding hydrogens is 608 g/mol. The lowest BCUT2D eigenvalue weighted by Crippen LogP contribution is -2.59. The van der Waals surface area contributed by atoms with E-state index in [2.05, 4.69) is 39.9 Å². The minimum absolute atomic E-state index is 0.0338. The Morgan fingerprint density at radius 2 is 1.90 bits per heavy atom. The van der Waals surface area contributed by atoms with Crippen molar-refractivity contribution in [3.63, 3.8) is 0 Å². The van der Waals surface area contributed by atoms with Gasteiger partial charge in [0.1, 0.15) is 18.3 Å². The Balaban J connectivity index is 0.994. The molecule has 2 spiro atoms. The van der Waals surface area contributed by atoms with Gasteiger partial charge in [0.05, 0.1) is 31.0 Å². The molecule has 0 bridgehead atoms. The highest BCUT2D eigenvalue weighted by Crippen LogP contribution is 2.90. The van der Waals surface area contributed by atoms with Gasteiger partial charge in [0.15, 0.2) is 6.29 Å². The summed E-state index contributed by atoms with van der Waals surface area (Å²) in [5, 5.41) is 37.2. The van der Waals surface area contributed by atoms with Gasteiger partial charge in [0, 0.05) is 24.3 Å². The van der Waals surface area contributed by atoms with E-state index < -0.39 is 23.2 Å². The Labute approximate surface area is 288 Å². The van der Waals surface area contributed by atoms with Crippen molar-refractivity contribution >= 4 is 5.91 Å². The van der Waals surface area contributed by atoms with E-state index in [1.807, 2.05) is 4.90 Å². The molecule has 4 N–H and O–H groups in total. The van der Waals surface area contributed by atoms with E-state index in [1.54, 1.807) is 19.8 Å². The number of nitrogens with one attached hydrogen (secondary N) is 1. The van der Waals surface area contributed by atoms with Gasteiger partial charge >= 0.3 is 0 Å². The molecule has 11 atom stereocenters. The molecule has 0 aromatic carbocycles. The maximum Gasteiger partial charge on any atom is 0.223 e. The number of ether oxygens (including phenoxy) is 3. The molecule has 5 saturated carbocycles.